The fourth-order valence-electron chi connectivity index (χ4n) is 3.76. The zero-order valence-electron chi connectivity index (χ0n) is 17.2. The summed E-state index contributed by atoms with van der Waals surface area (Å²) >= 11 is 0. The van der Waals surface area contributed by atoms with Crippen molar-refractivity contribution in [3.8, 4) is 5.75 Å². The highest BCUT2D eigenvalue weighted by molar-refractivity contribution is 7.89. The summed E-state index contributed by atoms with van der Waals surface area (Å²) in [6.07, 6.45) is 4.35. The van der Waals surface area contributed by atoms with E-state index in [2.05, 4.69) is 34.8 Å². The molecule has 156 valence electrons. The van der Waals surface area contributed by atoms with Gasteiger partial charge in [-0.15, -0.1) is 0 Å². The van der Waals surface area contributed by atoms with Crippen LogP contribution in [0.15, 0.2) is 65.1 Å². The monoisotopic (exact) mass is 414 g/mol. The van der Waals surface area contributed by atoms with E-state index in [9.17, 15) is 8.42 Å². The molecule has 1 N–H and O–H groups in total. The molecular weight excluding hydrogens is 384 g/mol. The van der Waals surface area contributed by atoms with Gasteiger partial charge < -0.3 is 4.74 Å². The van der Waals surface area contributed by atoms with Crippen LogP contribution in [-0.2, 0) is 10.0 Å². The van der Waals surface area contributed by atoms with Crippen molar-refractivity contribution in [2.45, 2.75) is 24.7 Å². The predicted octanol–water partition coefficient (Wildman–Crippen LogP) is 3.79. The zero-order chi connectivity index (χ0) is 20.7. The van der Waals surface area contributed by atoms with Crippen LogP contribution in [-0.4, -0.2) is 46.6 Å². The summed E-state index contributed by atoms with van der Waals surface area (Å²) in [7, 11) is -1.94. The normalized spacial score (nSPS) is 18.6. The Bertz CT molecular complexity index is 909. The average molecular weight is 415 g/mol. The van der Waals surface area contributed by atoms with E-state index in [0.717, 1.165) is 32.5 Å². The minimum atomic E-state index is -3.50. The first kappa shape index (κ1) is 21.6. The maximum atomic E-state index is 12.6. The molecule has 1 fully saturated rings. The number of piperidine rings is 1. The van der Waals surface area contributed by atoms with Gasteiger partial charge in [0.25, 0.3) is 0 Å². The lowest BCUT2D eigenvalue weighted by atomic mass is 9.98. The van der Waals surface area contributed by atoms with Gasteiger partial charge in [-0.2, -0.15) is 0 Å². The second-order valence-electron chi connectivity index (χ2n) is 7.67. The predicted molar refractivity (Wildman–Crippen MR) is 117 cm³/mol. The van der Waals surface area contributed by atoms with Gasteiger partial charge in [-0.3, -0.25) is 4.90 Å². The molecule has 0 spiro atoms. The molecule has 29 heavy (non-hydrogen) atoms. The molecule has 2 aromatic rings. The first-order chi connectivity index (χ1) is 14.0. The summed E-state index contributed by atoms with van der Waals surface area (Å²) < 4.78 is 33.0. The lowest BCUT2D eigenvalue weighted by molar-refractivity contribution is 0.189. The van der Waals surface area contributed by atoms with E-state index < -0.39 is 10.0 Å². The second-order valence-corrected chi connectivity index (χ2v) is 9.44. The third-order valence-corrected chi connectivity index (χ3v) is 6.66. The fraction of sp³-hybridized carbons (Fsp3) is 0.391. The van der Waals surface area contributed by atoms with E-state index in [1.54, 1.807) is 31.4 Å². The Labute approximate surface area is 174 Å². The lowest BCUT2D eigenvalue weighted by Gasteiger charge is -2.33. The minimum absolute atomic E-state index is 0.271. The molecular formula is C23H30N2O3S. The summed E-state index contributed by atoms with van der Waals surface area (Å²) in [5.41, 5.74) is 2.53. The molecule has 0 aromatic heterocycles. The van der Waals surface area contributed by atoms with Gasteiger partial charge in [-0.1, -0.05) is 42.0 Å². The Hall–Kier alpha value is -2.15. The molecule has 1 atom stereocenters. The maximum absolute atomic E-state index is 12.6. The minimum Gasteiger partial charge on any atom is -0.497 e. The van der Waals surface area contributed by atoms with E-state index in [0.29, 0.717) is 18.2 Å². The quantitative estimate of drug-likeness (QED) is 0.714. The molecule has 0 radical (unpaired) electrons. The summed E-state index contributed by atoms with van der Waals surface area (Å²) in [4.78, 5) is 2.69. The van der Waals surface area contributed by atoms with Gasteiger partial charge >= 0.3 is 0 Å². The van der Waals surface area contributed by atoms with Gasteiger partial charge in [0.15, 0.2) is 0 Å². The summed E-state index contributed by atoms with van der Waals surface area (Å²) in [5.74, 6) is 0.965. The van der Waals surface area contributed by atoms with Gasteiger partial charge in [-0.25, -0.2) is 13.1 Å². The zero-order valence-corrected chi connectivity index (χ0v) is 18.0. The van der Waals surface area contributed by atoms with Crippen LogP contribution < -0.4 is 9.46 Å². The van der Waals surface area contributed by atoms with E-state index in [-0.39, 0.29) is 4.90 Å². The van der Waals surface area contributed by atoms with Crippen LogP contribution in [0.3, 0.4) is 0 Å². The molecule has 1 aliphatic rings. The van der Waals surface area contributed by atoms with Gasteiger partial charge in [0.05, 0.1) is 12.0 Å². The molecule has 0 bridgehead atoms. The fourth-order valence-corrected chi connectivity index (χ4v) is 4.88. The highest BCUT2D eigenvalue weighted by Crippen LogP contribution is 2.19. The van der Waals surface area contributed by atoms with Crippen molar-refractivity contribution in [2.75, 3.05) is 33.3 Å². The first-order valence-electron chi connectivity index (χ1n) is 10.0. The van der Waals surface area contributed by atoms with Crippen molar-refractivity contribution in [1.29, 1.82) is 0 Å². The number of hydrogen-bond donors (Lipinski definition) is 1. The number of methoxy groups -OCH3 is 1. The molecule has 5 nitrogen and oxygen atoms in total. The molecule has 1 heterocycles. The third kappa shape index (κ3) is 6.42. The molecule has 0 aliphatic carbocycles. The Balaban J connectivity index is 1.53. The third-order valence-electron chi connectivity index (χ3n) is 5.22. The van der Waals surface area contributed by atoms with E-state index in [1.807, 2.05) is 18.2 Å². The topological polar surface area (TPSA) is 58.6 Å². The van der Waals surface area contributed by atoms with Crippen LogP contribution in [0.4, 0.5) is 0 Å². The van der Waals surface area contributed by atoms with Crippen molar-refractivity contribution in [3.63, 3.8) is 0 Å². The van der Waals surface area contributed by atoms with E-state index in [1.165, 1.54) is 11.1 Å². The van der Waals surface area contributed by atoms with Gasteiger partial charge in [0.2, 0.25) is 10.0 Å². The van der Waals surface area contributed by atoms with Crippen molar-refractivity contribution in [3.05, 3.63) is 65.7 Å². The van der Waals surface area contributed by atoms with E-state index in [4.69, 9.17) is 4.74 Å². The molecule has 1 saturated heterocycles. The van der Waals surface area contributed by atoms with Crippen molar-refractivity contribution in [2.24, 2.45) is 5.92 Å². The van der Waals surface area contributed by atoms with Crippen LogP contribution in [0.25, 0.3) is 6.08 Å². The highest BCUT2D eigenvalue weighted by atomic mass is 32.2. The Morgan fingerprint density at radius 2 is 1.90 bits per heavy atom. The Morgan fingerprint density at radius 3 is 2.59 bits per heavy atom. The highest BCUT2D eigenvalue weighted by Gasteiger charge is 2.22. The smallest absolute Gasteiger partial charge is 0.240 e. The van der Waals surface area contributed by atoms with Crippen molar-refractivity contribution < 1.29 is 13.2 Å². The second kappa shape index (κ2) is 10.1. The lowest BCUT2D eigenvalue weighted by Crippen LogP contribution is -2.41. The molecule has 0 saturated carbocycles. The molecule has 6 heteroatoms. The molecule has 3 rings (SSSR count). The standard InChI is InChI=1S/C23H30N2O3S/c1-19(15-20-7-4-3-5-8-20)17-25-14-6-9-21(18-25)16-24-29(26,27)23-12-10-22(28-2)11-13-23/h3-5,7-8,10-13,15,21,24H,6,9,14,16-18H2,1-2H3/b19-15+/t21-/m1/s1. The number of nitrogens with zero attached hydrogens (tertiary/aromatic N) is 1. The molecule has 1 aliphatic heterocycles. The van der Waals surface area contributed by atoms with Crippen LogP contribution >= 0.6 is 0 Å². The first-order valence-corrected chi connectivity index (χ1v) is 11.5. The number of hydrogen-bond acceptors (Lipinski definition) is 4. The van der Waals surface area contributed by atoms with Gasteiger partial charge in [-0.05, 0) is 62.1 Å². The van der Waals surface area contributed by atoms with Crippen LogP contribution in [0.1, 0.15) is 25.3 Å². The summed E-state index contributed by atoms with van der Waals surface area (Å²) in [5, 5.41) is 0. The van der Waals surface area contributed by atoms with Gasteiger partial charge in [0, 0.05) is 19.6 Å². The van der Waals surface area contributed by atoms with Crippen LogP contribution in [0.2, 0.25) is 0 Å². The molecule has 2 aromatic carbocycles. The van der Waals surface area contributed by atoms with Crippen LogP contribution in [0, 0.1) is 5.92 Å². The SMILES string of the molecule is COc1ccc(S(=O)(=O)NC[C@H]2CCCN(C/C(C)=C/c3ccccc3)C2)cc1. The van der Waals surface area contributed by atoms with Gasteiger partial charge in [0.1, 0.15) is 5.75 Å². The maximum Gasteiger partial charge on any atom is 0.240 e. The number of nitrogens with one attached hydrogen (secondary N) is 1. The number of sulfonamides is 1. The van der Waals surface area contributed by atoms with E-state index >= 15 is 0 Å². The number of benzene rings is 2. The number of rotatable bonds is 8. The Morgan fingerprint density at radius 1 is 1.17 bits per heavy atom. The number of ether oxygens (including phenoxy) is 1. The Kier molecular flexibility index (Phi) is 7.47. The molecule has 0 unspecified atom stereocenters. The van der Waals surface area contributed by atoms with Crippen LogP contribution in [0.5, 0.6) is 5.75 Å². The average Bonchev–Trinajstić information content (AvgIpc) is 2.73. The van der Waals surface area contributed by atoms with Crippen molar-refractivity contribution >= 4 is 16.1 Å². The summed E-state index contributed by atoms with van der Waals surface area (Å²) in [6, 6.07) is 16.8. The molecule has 0 amide bonds. The largest absolute Gasteiger partial charge is 0.497 e. The summed E-state index contributed by atoms with van der Waals surface area (Å²) in [6.45, 7) is 5.50. The number of likely N-dealkylation sites (tertiary alicyclic amines) is 1. The van der Waals surface area contributed by atoms with Crippen molar-refractivity contribution in [1.82, 2.24) is 9.62 Å².